The van der Waals surface area contributed by atoms with Crippen LogP contribution in [-0.2, 0) is 99.7 Å². The average molecular weight is 1670 g/mol. The highest BCUT2D eigenvalue weighted by Gasteiger charge is 2.47. The standard InChI is InChI=1S/C77H137N6O31P/c1-51(2)115(103,104)111-42-18-7-6-17-36-78-63(94)31-22-32-65(96)83-77(110-45-34-58(92)27-13-9-11-25-55(89)28-14-19-39-107-74-52(3)68(97)69(98)59(46-84)112-74,49-105-43-33-57(91)26-12-8-10-24-56(90)29-15-20-40-108-75-66(81-53(4)87)72(101)70(99)60(47-85)113-75)50-106-44-35-64(95)80-38-23-37-79-62(93)30-16-21-41-109-76-67(82-54(5)88)73(102)71(100)61(48-86)114-76/h51-52,59-61,66-76,84-86,97-102H,6-50H2,1-5H3,(H,78,94)(H,79,93)(H,80,95)(H,81,87)(H,82,88)(H,83,96)(H,103,104)/t52?,59?,60?,61?,66?,67?,68-,69+,70+,71+,72-,73-,74-,75-,76-,77?/m1/s1. The van der Waals surface area contributed by atoms with Crippen molar-refractivity contribution in [1.29, 1.82) is 0 Å². The maximum Gasteiger partial charge on any atom is 0.330 e. The SMILES string of the molecule is CC(=O)NC1[C@H](OCCCCC(=O)CCCCCC(=O)CCOCC(COCCC(=O)NCCCNC(=O)CCCCO[C@@H]2OC(CO)[C@H](O)[C@H](O)C2NC(C)=O)(NC(=O)CCCC(=O)NCCCCCCOP(=O)(O)C(C)C)OCCC(=O)CCCCCC(=O)CCCCO[C@@H]2OC(CO)[C@H](O)[C@H](O)C2C)OC(CO)[C@H](O)[C@@H]1O. The van der Waals surface area contributed by atoms with Gasteiger partial charge in [0.05, 0.1) is 71.2 Å². The predicted octanol–water partition coefficient (Wildman–Crippen LogP) is 0.799. The molecule has 0 bridgehead atoms. The topological polar surface area (TPSA) is 555 Å². The Kier molecular flexibility index (Phi) is 53.9. The average Bonchev–Trinajstić information content (AvgIpc) is 0.817. The van der Waals surface area contributed by atoms with Crippen molar-refractivity contribution in [2.24, 2.45) is 5.92 Å². The van der Waals surface area contributed by atoms with Crippen molar-refractivity contribution in [1.82, 2.24) is 31.9 Å². The lowest BCUT2D eigenvalue weighted by Crippen LogP contribution is -2.64. The molecule has 0 aromatic rings. The molecule has 3 aliphatic rings. The Hall–Kier alpha value is -5.07. The number of aliphatic hydroxyl groups is 9. The Balaban J connectivity index is 1.59. The van der Waals surface area contributed by atoms with Crippen molar-refractivity contribution in [3.8, 4) is 0 Å². The molecule has 0 spiro atoms. The van der Waals surface area contributed by atoms with Crippen LogP contribution in [0.4, 0.5) is 0 Å². The van der Waals surface area contributed by atoms with Crippen LogP contribution >= 0.6 is 7.60 Å². The van der Waals surface area contributed by atoms with E-state index in [0.29, 0.717) is 122 Å². The second-order valence-electron chi connectivity index (χ2n) is 30.1. The molecular formula is C77H137N6O31P. The summed E-state index contributed by atoms with van der Waals surface area (Å²) in [5.74, 6) is -3.30. The molecule has 0 aliphatic carbocycles. The molecule has 666 valence electrons. The van der Waals surface area contributed by atoms with Gasteiger partial charge in [0.1, 0.15) is 84.0 Å². The fraction of sp³-hybridized carbons (Fsp3) is 0.870. The van der Waals surface area contributed by atoms with Gasteiger partial charge in [-0.15, -0.1) is 0 Å². The number of unbranched alkanes of at least 4 members (excludes halogenated alkanes) is 10. The largest absolute Gasteiger partial charge is 0.394 e. The summed E-state index contributed by atoms with van der Waals surface area (Å²) in [6, 6.07) is -2.18. The lowest BCUT2D eigenvalue weighted by molar-refractivity contribution is -0.282. The number of rotatable bonds is 67. The zero-order valence-electron chi connectivity index (χ0n) is 68.0. The number of aliphatic hydroxyl groups excluding tert-OH is 9. The smallest absolute Gasteiger partial charge is 0.330 e. The van der Waals surface area contributed by atoms with Gasteiger partial charge in [0, 0.05) is 136 Å². The third-order valence-electron chi connectivity index (χ3n) is 19.8. The van der Waals surface area contributed by atoms with Gasteiger partial charge in [0.2, 0.25) is 35.4 Å². The van der Waals surface area contributed by atoms with Crippen LogP contribution in [0.15, 0.2) is 0 Å². The van der Waals surface area contributed by atoms with E-state index >= 15 is 0 Å². The molecule has 17 atom stereocenters. The van der Waals surface area contributed by atoms with Gasteiger partial charge in [-0.05, 0) is 89.9 Å². The minimum absolute atomic E-state index is 0.00984. The van der Waals surface area contributed by atoms with E-state index in [1.807, 2.05) is 0 Å². The lowest BCUT2D eigenvalue weighted by atomic mass is 9.92. The number of ether oxygens (including phenoxy) is 9. The van der Waals surface area contributed by atoms with Gasteiger partial charge in [0.15, 0.2) is 24.6 Å². The van der Waals surface area contributed by atoms with E-state index in [2.05, 4.69) is 31.9 Å². The van der Waals surface area contributed by atoms with E-state index in [1.54, 1.807) is 20.8 Å². The van der Waals surface area contributed by atoms with Gasteiger partial charge in [-0.2, -0.15) is 0 Å². The van der Waals surface area contributed by atoms with Gasteiger partial charge in [0.25, 0.3) is 0 Å². The Morgan fingerprint density at radius 1 is 0.391 bits per heavy atom. The Morgan fingerprint density at radius 3 is 1.19 bits per heavy atom. The molecule has 0 saturated carbocycles. The molecule has 3 saturated heterocycles. The van der Waals surface area contributed by atoms with E-state index in [-0.39, 0.29) is 172 Å². The number of ketones is 4. The minimum Gasteiger partial charge on any atom is -0.394 e. The molecule has 38 heteroatoms. The number of hydrogen-bond donors (Lipinski definition) is 16. The number of carbonyl (C=O) groups is 10. The molecule has 3 fully saturated rings. The van der Waals surface area contributed by atoms with Crippen molar-refractivity contribution in [2.45, 2.75) is 325 Å². The number of amides is 6. The first-order valence-electron chi connectivity index (χ1n) is 41.1. The first-order chi connectivity index (χ1) is 54.9. The molecule has 3 heterocycles. The summed E-state index contributed by atoms with van der Waals surface area (Å²) in [6.45, 7) is 5.67. The summed E-state index contributed by atoms with van der Waals surface area (Å²) in [6.07, 6.45) is -4.29. The van der Waals surface area contributed by atoms with E-state index in [1.165, 1.54) is 13.8 Å². The van der Waals surface area contributed by atoms with Gasteiger partial charge in [-0.25, -0.2) is 0 Å². The monoisotopic (exact) mass is 1670 g/mol. The Bertz CT molecular complexity index is 2770. The quantitative estimate of drug-likeness (QED) is 0.0227. The minimum atomic E-state index is -3.66. The molecule has 115 heavy (non-hydrogen) atoms. The van der Waals surface area contributed by atoms with E-state index in [0.717, 1.165) is 6.42 Å². The highest BCUT2D eigenvalue weighted by atomic mass is 31.2. The zero-order chi connectivity index (χ0) is 85.1. The van der Waals surface area contributed by atoms with Crippen LogP contribution in [-0.4, -0.2) is 306 Å². The molecule has 3 aliphatic heterocycles. The lowest BCUT2D eigenvalue weighted by Gasteiger charge is -2.42. The normalized spacial score (nSPS) is 24.6. The van der Waals surface area contributed by atoms with E-state index in [4.69, 9.17) is 47.2 Å². The molecular weight excluding hydrogens is 1540 g/mol. The molecule has 3 rings (SSSR count). The molecule has 8 unspecified atom stereocenters. The molecule has 37 nitrogen and oxygen atoms in total. The fourth-order valence-electron chi connectivity index (χ4n) is 12.7. The third-order valence-corrected chi connectivity index (χ3v) is 21.6. The summed E-state index contributed by atoms with van der Waals surface area (Å²) in [5.41, 5.74) is -2.31. The number of Topliss-reactive ketones (excluding diaryl/α,β-unsaturated/α-hetero) is 4. The zero-order valence-corrected chi connectivity index (χ0v) is 68.9. The third kappa shape index (κ3) is 43.6. The number of hydrogen-bond acceptors (Lipinski definition) is 30. The maximum atomic E-state index is 13.9. The molecule has 6 amide bonds. The first-order valence-corrected chi connectivity index (χ1v) is 42.7. The molecule has 0 radical (unpaired) electrons. The van der Waals surface area contributed by atoms with Crippen LogP contribution in [0, 0.1) is 5.92 Å². The van der Waals surface area contributed by atoms with Gasteiger partial charge < -0.3 is 130 Å². The van der Waals surface area contributed by atoms with Crippen LogP contribution in [0.1, 0.15) is 227 Å². The summed E-state index contributed by atoms with van der Waals surface area (Å²) < 4.78 is 69.6. The maximum absolute atomic E-state index is 13.9. The highest BCUT2D eigenvalue weighted by Crippen LogP contribution is 2.47. The van der Waals surface area contributed by atoms with E-state index in [9.17, 15) is 103 Å². The van der Waals surface area contributed by atoms with Crippen molar-refractivity contribution in [2.75, 3.05) is 98.9 Å². The van der Waals surface area contributed by atoms with Crippen molar-refractivity contribution < 1.29 is 151 Å². The summed E-state index contributed by atoms with van der Waals surface area (Å²) in [5, 5.41) is 107. The van der Waals surface area contributed by atoms with Crippen molar-refractivity contribution in [3.05, 3.63) is 0 Å². The van der Waals surface area contributed by atoms with Crippen LogP contribution in [0.25, 0.3) is 0 Å². The van der Waals surface area contributed by atoms with Crippen LogP contribution in [0.2, 0.25) is 0 Å². The Labute approximate surface area is 675 Å². The number of nitrogens with one attached hydrogen (secondary N) is 6. The molecule has 0 aromatic heterocycles. The van der Waals surface area contributed by atoms with Crippen LogP contribution in [0.3, 0.4) is 0 Å². The fourth-order valence-corrected chi connectivity index (χ4v) is 13.4. The predicted molar refractivity (Wildman–Crippen MR) is 412 cm³/mol. The number of carbonyl (C=O) groups excluding carboxylic acids is 10. The summed E-state index contributed by atoms with van der Waals surface area (Å²) in [4.78, 5) is 138. The van der Waals surface area contributed by atoms with Crippen molar-refractivity contribution in [3.63, 3.8) is 0 Å². The second kappa shape index (κ2) is 59.6. The molecule has 16 N–H and O–H groups in total. The highest BCUT2D eigenvalue weighted by molar-refractivity contribution is 7.53. The van der Waals surface area contributed by atoms with Gasteiger partial charge in [-0.3, -0.25) is 52.5 Å². The summed E-state index contributed by atoms with van der Waals surface area (Å²) >= 11 is 0. The van der Waals surface area contributed by atoms with Gasteiger partial charge in [-0.1, -0.05) is 46.5 Å². The second-order valence-corrected chi connectivity index (χ2v) is 32.5. The first kappa shape index (κ1) is 104. The van der Waals surface area contributed by atoms with Crippen LogP contribution in [0.5, 0.6) is 0 Å². The Morgan fingerprint density at radius 2 is 0.739 bits per heavy atom. The van der Waals surface area contributed by atoms with Gasteiger partial charge >= 0.3 is 7.60 Å². The summed E-state index contributed by atoms with van der Waals surface area (Å²) in [7, 11) is -3.66. The van der Waals surface area contributed by atoms with Crippen LogP contribution < -0.4 is 31.9 Å². The van der Waals surface area contributed by atoms with E-state index < -0.39 is 161 Å². The molecule has 0 aromatic carbocycles. The van der Waals surface area contributed by atoms with Crippen molar-refractivity contribution >= 4 is 66.2 Å².